The van der Waals surface area contributed by atoms with Crippen LogP contribution in [0.1, 0.15) is 17.3 Å². The van der Waals surface area contributed by atoms with E-state index in [1.54, 1.807) is 0 Å². The van der Waals surface area contributed by atoms with Crippen LogP contribution in [-0.2, 0) is 15.0 Å². The van der Waals surface area contributed by atoms with E-state index in [0.717, 1.165) is 15.2 Å². The number of nitrogens with zero attached hydrogens (tertiary/aromatic N) is 2. The summed E-state index contributed by atoms with van der Waals surface area (Å²) in [5, 5.41) is 4.36. The Labute approximate surface area is 160 Å². The van der Waals surface area contributed by atoms with Crippen LogP contribution in [0.5, 0.6) is 0 Å². The summed E-state index contributed by atoms with van der Waals surface area (Å²) in [5.74, 6) is -1.09. The van der Waals surface area contributed by atoms with Crippen LogP contribution in [0, 0.1) is 5.82 Å². The Morgan fingerprint density at radius 3 is 2.65 bits per heavy atom. The molecular formula is C16H17ClFN3O3S2. The zero-order valence-corrected chi connectivity index (χ0v) is 16.4. The molecule has 0 spiro atoms. The fraction of sp³-hybridized carbons (Fsp3) is 0.312. The average Bonchev–Trinajstić information content (AvgIpc) is 3.11. The number of likely N-dealkylation sites (N-methyl/N-ethyl adjacent to an activating group) is 1. The van der Waals surface area contributed by atoms with Crippen molar-refractivity contribution in [2.75, 3.05) is 19.4 Å². The number of amides is 1. The van der Waals surface area contributed by atoms with Gasteiger partial charge in [0.1, 0.15) is 11.9 Å². The smallest absolute Gasteiger partial charge is 0.282 e. The van der Waals surface area contributed by atoms with Crippen molar-refractivity contribution >= 4 is 44.7 Å². The molecule has 1 saturated heterocycles. The van der Waals surface area contributed by atoms with Gasteiger partial charge in [-0.1, -0.05) is 17.7 Å². The first-order valence-electron chi connectivity index (χ1n) is 7.72. The van der Waals surface area contributed by atoms with Gasteiger partial charge in [-0.05, 0) is 36.1 Å². The molecule has 1 amide bonds. The third-order valence-electron chi connectivity index (χ3n) is 4.41. The molecule has 1 aliphatic rings. The highest BCUT2D eigenvalue weighted by molar-refractivity contribution is 7.86. The average molecular weight is 418 g/mol. The number of nitrogens with one attached hydrogen (secondary N) is 1. The first-order valence-corrected chi connectivity index (χ1v) is 10.4. The van der Waals surface area contributed by atoms with Gasteiger partial charge in [0.2, 0.25) is 5.91 Å². The molecule has 2 atom stereocenters. The van der Waals surface area contributed by atoms with Gasteiger partial charge in [0.25, 0.3) is 10.2 Å². The van der Waals surface area contributed by atoms with Crippen molar-refractivity contribution in [3.8, 4) is 0 Å². The van der Waals surface area contributed by atoms with E-state index in [9.17, 15) is 17.6 Å². The Bertz CT molecular complexity index is 921. The quantitative estimate of drug-likeness (QED) is 0.834. The van der Waals surface area contributed by atoms with Crippen LogP contribution in [0.2, 0.25) is 5.02 Å². The summed E-state index contributed by atoms with van der Waals surface area (Å²) in [7, 11) is -0.913. The molecule has 1 aromatic heterocycles. The van der Waals surface area contributed by atoms with E-state index < -0.39 is 34.0 Å². The summed E-state index contributed by atoms with van der Waals surface area (Å²) >= 11 is 7.17. The predicted octanol–water partition coefficient (Wildman–Crippen LogP) is 3.10. The van der Waals surface area contributed by atoms with Crippen LogP contribution in [0.4, 0.5) is 10.1 Å². The number of hydrogen-bond donors (Lipinski definition) is 1. The van der Waals surface area contributed by atoms with Gasteiger partial charge >= 0.3 is 0 Å². The Kier molecular flexibility index (Phi) is 5.36. The zero-order valence-electron chi connectivity index (χ0n) is 14.0. The standard InChI is InChI=1S/C16H17ClFN3O3S2/c1-20-13(15-4-3-7-25-15)9-14(21(2)26(20,23)24)16(22)19-10-5-6-12(18)11(17)8-10/h3-8,13-14H,9H2,1-2H3,(H,19,22)/t13-,14+/m0/s1. The predicted molar refractivity (Wildman–Crippen MR) is 100.0 cm³/mol. The van der Waals surface area contributed by atoms with Gasteiger partial charge in [-0.2, -0.15) is 17.0 Å². The second-order valence-corrected chi connectivity index (χ2v) is 9.38. The number of thiophene rings is 1. The highest BCUT2D eigenvalue weighted by atomic mass is 35.5. The molecule has 140 valence electrons. The number of rotatable bonds is 3. The highest BCUT2D eigenvalue weighted by Gasteiger charge is 2.45. The van der Waals surface area contributed by atoms with Gasteiger partial charge in [-0.25, -0.2) is 4.39 Å². The molecule has 0 unspecified atom stereocenters. The SMILES string of the molecule is CN1[C@@H](C(=O)Nc2ccc(F)c(Cl)c2)C[C@@H](c2cccs2)N(C)S1(=O)=O. The fourth-order valence-electron chi connectivity index (χ4n) is 2.88. The minimum absolute atomic E-state index is 0.122. The third-order valence-corrected chi connectivity index (χ3v) is 7.64. The molecule has 0 aliphatic carbocycles. The summed E-state index contributed by atoms with van der Waals surface area (Å²) in [5.41, 5.74) is 0.304. The summed E-state index contributed by atoms with van der Waals surface area (Å²) in [6, 6.07) is 6.17. The Morgan fingerprint density at radius 1 is 1.31 bits per heavy atom. The van der Waals surface area contributed by atoms with Crippen LogP contribution < -0.4 is 5.32 Å². The minimum atomic E-state index is -3.79. The number of carbonyl (C=O) groups is 1. The van der Waals surface area contributed by atoms with E-state index in [2.05, 4.69) is 5.32 Å². The van der Waals surface area contributed by atoms with E-state index in [1.807, 2.05) is 17.5 Å². The van der Waals surface area contributed by atoms with E-state index >= 15 is 0 Å². The van der Waals surface area contributed by atoms with Crippen LogP contribution in [0.3, 0.4) is 0 Å². The number of carbonyl (C=O) groups excluding carboxylic acids is 1. The molecular weight excluding hydrogens is 401 g/mol. The van der Waals surface area contributed by atoms with Crippen LogP contribution in [0.15, 0.2) is 35.7 Å². The molecule has 0 saturated carbocycles. The van der Waals surface area contributed by atoms with E-state index in [0.29, 0.717) is 12.1 Å². The number of anilines is 1. The number of benzene rings is 1. The maximum atomic E-state index is 13.3. The number of halogens is 2. The van der Waals surface area contributed by atoms with Crippen molar-refractivity contribution in [1.29, 1.82) is 0 Å². The molecule has 0 bridgehead atoms. The van der Waals surface area contributed by atoms with Crippen molar-refractivity contribution in [2.45, 2.75) is 18.5 Å². The lowest BCUT2D eigenvalue weighted by molar-refractivity contribution is -0.120. The summed E-state index contributed by atoms with van der Waals surface area (Å²) in [6.45, 7) is 0. The minimum Gasteiger partial charge on any atom is -0.325 e. The van der Waals surface area contributed by atoms with Gasteiger partial charge < -0.3 is 5.32 Å². The molecule has 2 aromatic rings. The molecule has 26 heavy (non-hydrogen) atoms. The number of hydrogen-bond acceptors (Lipinski definition) is 4. The topological polar surface area (TPSA) is 69.7 Å². The molecule has 0 radical (unpaired) electrons. The van der Waals surface area contributed by atoms with Crippen LogP contribution >= 0.6 is 22.9 Å². The van der Waals surface area contributed by atoms with Gasteiger partial charge in [-0.3, -0.25) is 4.79 Å². The Hall–Kier alpha value is -1.52. The highest BCUT2D eigenvalue weighted by Crippen LogP contribution is 2.37. The Balaban J connectivity index is 1.87. The summed E-state index contributed by atoms with van der Waals surface area (Å²) in [4.78, 5) is 13.6. The fourth-order valence-corrected chi connectivity index (χ4v) is 5.44. The monoisotopic (exact) mass is 417 g/mol. The Morgan fingerprint density at radius 2 is 2.04 bits per heavy atom. The van der Waals surface area contributed by atoms with Gasteiger partial charge in [0.15, 0.2) is 0 Å². The first kappa shape index (κ1) is 19.2. The normalized spacial score (nSPS) is 23.7. The molecule has 3 rings (SSSR count). The van der Waals surface area contributed by atoms with Crippen LogP contribution in [-0.4, -0.2) is 43.1 Å². The van der Waals surface area contributed by atoms with E-state index in [4.69, 9.17) is 11.6 Å². The van der Waals surface area contributed by atoms with Crippen molar-refractivity contribution in [2.24, 2.45) is 0 Å². The molecule has 2 heterocycles. The van der Waals surface area contributed by atoms with Crippen molar-refractivity contribution < 1.29 is 17.6 Å². The lowest BCUT2D eigenvalue weighted by Crippen LogP contribution is -2.56. The van der Waals surface area contributed by atoms with E-state index in [-0.39, 0.29) is 5.02 Å². The van der Waals surface area contributed by atoms with Crippen molar-refractivity contribution in [3.05, 3.63) is 51.4 Å². The molecule has 1 N–H and O–H groups in total. The maximum Gasteiger partial charge on any atom is 0.282 e. The maximum absolute atomic E-state index is 13.3. The van der Waals surface area contributed by atoms with Gasteiger partial charge in [0, 0.05) is 24.7 Å². The third kappa shape index (κ3) is 3.49. The van der Waals surface area contributed by atoms with Crippen molar-refractivity contribution in [3.63, 3.8) is 0 Å². The van der Waals surface area contributed by atoms with E-state index in [1.165, 1.54) is 41.9 Å². The second kappa shape index (κ2) is 7.24. The van der Waals surface area contributed by atoms with Crippen molar-refractivity contribution in [1.82, 2.24) is 8.61 Å². The molecule has 1 aromatic carbocycles. The second-order valence-electron chi connectivity index (χ2n) is 5.94. The molecule has 10 heteroatoms. The molecule has 1 aliphatic heterocycles. The van der Waals surface area contributed by atoms with Gasteiger partial charge in [0.05, 0.1) is 11.1 Å². The zero-order chi connectivity index (χ0) is 19.1. The van der Waals surface area contributed by atoms with Gasteiger partial charge in [-0.15, -0.1) is 11.3 Å². The largest absolute Gasteiger partial charge is 0.325 e. The molecule has 1 fully saturated rings. The summed E-state index contributed by atoms with van der Waals surface area (Å²) in [6.07, 6.45) is 0.299. The summed E-state index contributed by atoms with van der Waals surface area (Å²) < 4.78 is 41.0. The first-order chi connectivity index (χ1) is 12.2. The lowest BCUT2D eigenvalue weighted by Gasteiger charge is -2.40. The van der Waals surface area contributed by atoms with Crippen LogP contribution in [0.25, 0.3) is 0 Å². The molecule has 6 nitrogen and oxygen atoms in total. The lowest BCUT2D eigenvalue weighted by atomic mass is 10.0.